The van der Waals surface area contributed by atoms with Crippen LogP contribution >= 0.6 is 0 Å². The largest absolute Gasteiger partial charge is 0.399 e. The molecule has 0 aromatic heterocycles. The second-order valence-corrected chi connectivity index (χ2v) is 4.17. The number of nitrogens with one attached hydrogen (secondary N) is 1. The molecule has 1 unspecified atom stereocenters. The summed E-state index contributed by atoms with van der Waals surface area (Å²) in [5.74, 6) is 0. The fourth-order valence-electron chi connectivity index (χ4n) is 1.98. The van der Waals surface area contributed by atoms with Crippen molar-refractivity contribution < 1.29 is 0 Å². The molecule has 0 aliphatic heterocycles. The number of benzene rings is 1. The number of likely N-dealkylation sites (N-methyl/N-ethyl adjacent to an activating group) is 1. The minimum absolute atomic E-state index is 0.280. The summed E-state index contributed by atoms with van der Waals surface area (Å²) in [5.41, 5.74) is 10.8. The molecule has 84 valence electrons. The van der Waals surface area contributed by atoms with Crippen molar-refractivity contribution in [1.29, 1.82) is 0 Å². The van der Waals surface area contributed by atoms with Gasteiger partial charge in [0.25, 0.3) is 0 Å². The van der Waals surface area contributed by atoms with Crippen molar-refractivity contribution in [3.05, 3.63) is 52.7 Å². The molecule has 0 amide bonds. The third-order valence-corrected chi connectivity index (χ3v) is 3.14. The molecule has 2 rings (SSSR count). The normalized spacial score (nSPS) is 16.9. The molecular weight excluding hydrogens is 196 g/mol. The first kappa shape index (κ1) is 11.0. The van der Waals surface area contributed by atoms with E-state index >= 15 is 0 Å². The van der Waals surface area contributed by atoms with Crippen LogP contribution in [-0.2, 0) is 6.42 Å². The van der Waals surface area contributed by atoms with E-state index in [0.29, 0.717) is 0 Å². The monoisotopic (exact) mass is 214 g/mol. The molecule has 0 heterocycles. The standard InChI is InChI=1S/C14H18N2/c1-10(16-2)13-9-12-6-4-3-5-11(12)7-8-14(13)15/h3-6,8-10,16H,7,15H2,1-2H3. The van der Waals surface area contributed by atoms with E-state index in [4.69, 9.17) is 5.73 Å². The fraction of sp³-hybridized carbons (Fsp3) is 0.286. The molecule has 0 saturated carbocycles. The molecule has 0 bridgehead atoms. The van der Waals surface area contributed by atoms with Gasteiger partial charge in [-0.15, -0.1) is 0 Å². The van der Waals surface area contributed by atoms with Crippen LogP contribution in [0.4, 0.5) is 0 Å². The Morgan fingerprint density at radius 3 is 2.81 bits per heavy atom. The van der Waals surface area contributed by atoms with Crippen molar-refractivity contribution >= 4 is 6.08 Å². The van der Waals surface area contributed by atoms with Crippen LogP contribution in [0.15, 0.2) is 41.6 Å². The lowest BCUT2D eigenvalue weighted by molar-refractivity contribution is 0.699. The highest BCUT2D eigenvalue weighted by molar-refractivity contribution is 5.64. The first-order valence-electron chi connectivity index (χ1n) is 5.65. The van der Waals surface area contributed by atoms with Gasteiger partial charge in [0.05, 0.1) is 0 Å². The Balaban J connectivity index is 2.47. The maximum Gasteiger partial charge on any atom is 0.0325 e. The Hall–Kier alpha value is -1.54. The van der Waals surface area contributed by atoms with Gasteiger partial charge in [0.1, 0.15) is 0 Å². The molecule has 1 aromatic rings. The van der Waals surface area contributed by atoms with Gasteiger partial charge < -0.3 is 11.1 Å². The van der Waals surface area contributed by atoms with Crippen molar-refractivity contribution in [2.75, 3.05) is 7.05 Å². The van der Waals surface area contributed by atoms with Gasteiger partial charge in [-0.1, -0.05) is 30.3 Å². The number of rotatable bonds is 2. The van der Waals surface area contributed by atoms with Crippen LogP contribution in [0, 0.1) is 0 Å². The zero-order valence-corrected chi connectivity index (χ0v) is 9.83. The van der Waals surface area contributed by atoms with E-state index in [1.54, 1.807) is 0 Å². The fourth-order valence-corrected chi connectivity index (χ4v) is 1.98. The highest BCUT2D eigenvalue weighted by Gasteiger charge is 2.13. The van der Waals surface area contributed by atoms with Crippen LogP contribution in [0.25, 0.3) is 6.08 Å². The molecule has 0 fully saturated rings. The van der Waals surface area contributed by atoms with Gasteiger partial charge in [-0.05, 0) is 43.2 Å². The Kier molecular flexibility index (Phi) is 3.11. The molecule has 0 radical (unpaired) electrons. The molecule has 1 aliphatic rings. The molecule has 2 nitrogen and oxygen atoms in total. The predicted octanol–water partition coefficient (Wildman–Crippen LogP) is 2.08. The van der Waals surface area contributed by atoms with E-state index in [1.165, 1.54) is 16.7 Å². The summed E-state index contributed by atoms with van der Waals surface area (Å²) in [6.45, 7) is 2.13. The van der Waals surface area contributed by atoms with Crippen LogP contribution in [0.2, 0.25) is 0 Å². The van der Waals surface area contributed by atoms with Crippen molar-refractivity contribution in [2.45, 2.75) is 19.4 Å². The Bertz CT molecular complexity index is 444. The zero-order valence-electron chi connectivity index (χ0n) is 9.83. The molecule has 3 N–H and O–H groups in total. The van der Waals surface area contributed by atoms with E-state index in [9.17, 15) is 0 Å². The lowest BCUT2D eigenvalue weighted by Crippen LogP contribution is -2.26. The summed E-state index contributed by atoms with van der Waals surface area (Å²) in [6, 6.07) is 8.72. The SMILES string of the molecule is CNC(C)C1=Cc2ccccc2CC=C1N. The molecule has 0 spiro atoms. The van der Waals surface area contributed by atoms with Crippen molar-refractivity contribution in [3.8, 4) is 0 Å². The van der Waals surface area contributed by atoms with Gasteiger partial charge in [0.2, 0.25) is 0 Å². The smallest absolute Gasteiger partial charge is 0.0325 e. The average Bonchev–Trinajstić information content (AvgIpc) is 2.48. The topological polar surface area (TPSA) is 38.0 Å². The maximum atomic E-state index is 6.09. The van der Waals surface area contributed by atoms with Crippen LogP contribution in [0.5, 0.6) is 0 Å². The highest BCUT2D eigenvalue weighted by Crippen LogP contribution is 2.22. The third-order valence-electron chi connectivity index (χ3n) is 3.14. The third kappa shape index (κ3) is 2.02. The van der Waals surface area contributed by atoms with Crippen LogP contribution in [0.3, 0.4) is 0 Å². The number of nitrogens with two attached hydrogens (primary N) is 1. The minimum atomic E-state index is 0.280. The van der Waals surface area contributed by atoms with Crippen molar-refractivity contribution in [2.24, 2.45) is 5.73 Å². The van der Waals surface area contributed by atoms with Gasteiger partial charge in [-0.25, -0.2) is 0 Å². The minimum Gasteiger partial charge on any atom is -0.399 e. The number of hydrogen-bond donors (Lipinski definition) is 2. The van der Waals surface area contributed by atoms with Gasteiger partial charge >= 0.3 is 0 Å². The summed E-state index contributed by atoms with van der Waals surface area (Å²) in [7, 11) is 1.95. The molecular formula is C14H18N2. The Morgan fingerprint density at radius 2 is 2.06 bits per heavy atom. The second-order valence-electron chi connectivity index (χ2n) is 4.17. The first-order chi connectivity index (χ1) is 7.72. The van der Waals surface area contributed by atoms with Gasteiger partial charge in [-0.3, -0.25) is 0 Å². The average molecular weight is 214 g/mol. The Labute approximate surface area is 96.9 Å². The maximum absolute atomic E-state index is 6.09. The lowest BCUT2D eigenvalue weighted by Gasteiger charge is -2.15. The molecule has 16 heavy (non-hydrogen) atoms. The quantitative estimate of drug-likeness (QED) is 0.791. The van der Waals surface area contributed by atoms with E-state index in [2.05, 4.69) is 48.7 Å². The van der Waals surface area contributed by atoms with Gasteiger partial charge in [0, 0.05) is 11.7 Å². The van der Waals surface area contributed by atoms with Gasteiger partial charge in [0.15, 0.2) is 0 Å². The number of hydrogen-bond acceptors (Lipinski definition) is 2. The van der Waals surface area contributed by atoms with Crippen LogP contribution in [0.1, 0.15) is 18.1 Å². The van der Waals surface area contributed by atoms with Crippen LogP contribution in [-0.4, -0.2) is 13.1 Å². The Morgan fingerprint density at radius 1 is 1.31 bits per heavy atom. The second kappa shape index (κ2) is 4.54. The van der Waals surface area contributed by atoms with E-state index in [0.717, 1.165) is 12.1 Å². The number of fused-ring (bicyclic) bond motifs is 1. The summed E-state index contributed by atoms with van der Waals surface area (Å²) in [4.78, 5) is 0. The predicted molar refractivity (Wildman–Crippen MR) is 68.9 cm³/mol. The molecule has 1 aromatic carbocycles. The molecule has 2 heteroatoms. The van der Waals surface area contributed by atoms with Crippen LogP contribution < -0.4 is 11.1 Å². The van der Waals surface area contributed by atoms with Crippen molar-refractivity contribution in [3.63, 3.8) is 0 Å². The summed E-state index contributed by atoms with van der Waals surface area (Å²) >= 11 is 0. The number of allylic oxidation sites excluding steroid dienone is 1. The highest BCUT2D eigenvalue weighted by atomic mass is 14.9. The first-order valence-corrected chi connectivity index (χ1v) is 5.65. The van der Waals surface area contributed by atoms with Gasteiger partial charge in [-0.2, -0.15) is 0 Å². The zero-order chi connectivity index (χ0) is 11.5. The molecule has 1 atom stereocenters. The summed E-state index contributed by atoms with van der Waals surface area (Å²) in [5, 5.41) is 3.23. The molecule has 1 aliphatic carbocycles. The lowest BCUT2D eigenvalue weighted by atomic mass is 10.0. The van der Waals surface area contributed by atoms with E-state index < -0.39 is 0 Å². The van der Waals surface area contributed by atoms with E-state index in [1.807, 2.05) is 7.05 Å². The molecule has 0 saturated heterocycles. The summed E-state index contributed by atoms with van der Waals surface area (Å²) in [6.07, 6.45) is 5.21. The van der Waals surface area contributed by atoms with Crippen molar-refractivity contribution in [1.82, 2.24) is 5.32 Å². The van der Waals surface area contributed by atoms with E-state index in [-0.39, 0.29) is 6.04 Å². The summed E-state index contributed by atoms with van der Waals surface area (Å²) < 4.78 is 0.